The molecule has 4 aromatic rings. The molecule has 3 aromatic heterocycles. The lowest BCUT2D eigenvalue weighted by Gasteiger charge is -2.21. The molecule has 0 spiro atoms. The maximum atomic E-state index is 12.7. The van der Waals surface area contributed by atoms with E-state index in [4.69, 9.17) is 16.0 Å². The van der Waals surface area contributed by atoms with Crippen LogP contribution in [0.4, 0.5) is 10.8 Å². The van der Waals surface area contributed by atoms with E-state index in [0.717, 1.165) is 38.9 Å². The second-order valence-electron chi connectivity index (χ2n) is 7.08. The van der Waals surface area contributed by atoms with Gasteiger partial charge in [-0.2, -0.15) is 0 Å². The molecule has 0 saturated carbocycles. The predicted octanol–water partition coefficient (Wildman–Crippen LogP) is 6.71. The van der Waals surface area contributed by atoms with Crippen molar-refractivity contribution in [2.45, 2.75) is 26.3 Å². The Morgan fingerprint density at radius 1 is 1.16 bits per heavy atom. The van der Waals surface area contributed by atoms with Crippen molar-refractivity contribution in [1.29, 1.82) is 0 Å². The summed E-state index contributed by atoms with van der Waals surface area (Å²) in [6.45, 7) is 4.05. The molecule has 0 bridgehead atoms. The van der Waals surface area contributed by atoms with Crippen molar-refractivity contribution in [3.63, 3.8) is 0 Å². The maximum Gasteiger partial charge on any atom is 0.291 e. The Morgan fingerprint density at radius 2 is 2.00 bits per heavy atom. The number of hydrogen-bond donors (Lipinski definition) is 2. The van der Waals surface area contributed by atoms with Gasteiger partial charge < -0.3 is 15.1 Å². The number of nitrogens with one attached hydrogen (secondary N) is 2. The summed E-state index contributed by atoms with van der Waals surface area (Å²) in [5.74, 6) is 0.733. The number of aryl methyl sites for hydroxylation is 2. The number of thiophene rings is 1. The summed E-state index contributed by atoms with van der Waals surface area (Å²) < 4.78 is 5.26. The summed E-state index contributed by atoms with van der Waals surface area (Å²) >= 11 is 7.86. The largest absolute Gasteiger partial charge is 0.459 e. The number of furan rings is 1. The Morgan fingerprint density at radius 3 is 2.71 bits per heavy atom. The average Bonchev–Trinajstić information content (AvgIpc) is 3.42. The number of carbonyl (C=O) groups excluding carboxylic acids is 1. The van der Waals surface area contributed by atoms with Crippen LogP contribution in [0.25, 0.3) is 0 Å². The number of hydrogen-bond acceptors (Lipinski definition) is 5. The number of rotatable bonds is 7. The van der Waals surface area contributed by atoms with Crippen molar-refractivity contribution >= 4 is 39.7 Å². The molecule has 0 aliphatic carbocycles. The van der Waals surface area contributed by atoms with Crippen LogP contribution in [0.15, 0.2) is 71.3 Å². The lowest BCUT2D eigenvalue weighted by molar-refractivity contribution is 0.0997. The first-order valence-corrected chi connectivity index (χ1v) is 11.2. The van der Waals surface area contributed by atoms with Crippen LogP contribution in [0.1, 0.15) is 45.2 Å². The van der Waals surface area contributed by atoms with E-state index < -0.39 is 0 Å². The van der Waals surface area contributed by atoms with Crippen LogP contribution >= 0.6 is 22.9 Å². The highest BCUT2D eigenvalue weighted by Gasteiger charge is 2.23. The second-order valence-corrected chi connectivity index (χ2v) is 8.65. The maximum absolute atomic E-state index is 12.7. The van der Waals surface area contributed by atoms with E-state index in [1.807, 2.05) is 49.4 Å². The van der Waals surface area contributed by atoms with E-state index in [1.165, 1.54) is 6.26 Å². The molecule has 2 N–H and O–H groups in total. The normalized spacial score (nSPS) is 11.8. The molecular weight excluding hydrogens is 430 g/mol. The van der Waals surface area contributed by atoms with Gasteiger partial charge in [-0.15, -0.1) is 11.3 Å². The van der Waals surface area contributed by atoms with Crippen LogP contribution < -0.4 is 10.6 Å². The molecule has 0 saturated heterocycles. The van der Waals surface area contributed by atoms with Gasteiger partial charge in [-0.1, -0.05) is 36.7 Å². The van der Waals surface area contributed by atoms with Gasteiger partial charge in [0.25, 0.3) is 5.91 Å². The summed E-state index contributed by atoms with van der Waals surface area (Å²) in [6.07, 6.45) is 2.35. The van der Waals surface area contributed by atoms with Crippen molar-refractivity contribution in [1.82, 2.24) is 4.98 Å². The van der Waals surface area contributed by atoms with Crippen LogP contribution in [0.5, 0.6) is 0 Å². The zero-order chi connectivity index (χ0) is 21.8. The van der Waals surface area contributed by atoms with Crippen LogP contribution in [-0.2, 0) is 6.42 Å². The number of aromatic nitrogens is 1. The third-order valence-corrected chi connectivity index (χ3v) is 6.25. The first-order valence-electron chi connectivity index (χ1n) is 9.96. The van der Waals surface area contributed by atoms with Crippen molar-refractivity contribution in [3.8, 4) is 0 Å². The fourth-order valence-corrected chi connectivity index (χ4v) is 4.54. The number of nitrogens with zero attached hydrogens (tertiary/aromatic N) is 1. The number of anilines is 2. The van der Waals surface area contributed by atoms with E-state index in [9.17, 15) is 4.79 Å². The molecule has 0 aliphatic rings. The number of pyridine rings is 1. The average molecular weight is 452 g/mol. The summed E-state index contributed by atoms with van der Waals surface area (Å²) in [4.78, 5) is 18.5. The number of benzene rings is 1. The standard InChI is InChI=1S/C24H22ClN3O2S/c1-3-18-14-19(24(31-18)28-23(29)20-10-6-12-30-20)22(16-8-5-9-17(25)13-16)27-21-11-4-7-15(2)26-21/h4-14,22H,3H2,1-2H3,(H,26,27)(H,28,29)/t22-/m1/s1. The van der Waals surface area contributed by atoms with Gasteiger partial charge in [-0.05, 0) is 61.4 Å². The summed E-state index contributed by atoms with van der Waals surface area (Å²) in [7, 11) is 0. The quantitative estimate of drug-likeness (QED) is 0.327. The van der Waals surface area contributed by atoms with Crippen molar-refractivity contribution in [2.75, 3.05) is 10.6 Å². The Bertz CT molecular complexity index is 1190. The predicted molar refractivity (Wildman–Crippen MR) is 126 cm³/mol. The number of halogens is 1. The van der Waals surface area contributed by atoms with Gasteiger partial charge in [0, 0.05) is 21.2 Å². The summed E-state index contributed by atoms with van der Waals surface area (Å²) in [5.41, 5.74) is 2.85. The van der Waals surface area contributed by atoms with Crippen molar-refractivity contribution in [3.05, 3.63) is 99.4 Å². The fourth-order valence-electron chi connectivity index (χ4n) is 3.32. The summed E-state index contributed by atoms with van der Waals surface area (Å²) in [5, 5.41) is 7.96. The van der Waals surface area contributed by atoms with Gasteiger partial charge in [0.15, 0.2) is 5.76 Å². The summed E-state index contributed by atoms with van der Waals surface area (Å²) in [6, 6.07) is 18.8. The second kappa shape index (κ2) is 9.37. The number of carbonyl (C=O) groups is 1. The third kappa shape index (κ3) is 4.98. The molecule has 0 unspecified atom stereocenters. The molecule has 0 radical (unpaired) electrons. The van der Waals surface area contributed by atoms with Crippen LogP contribution in [0, 0.1) is 6.92 Å². The minimum atomic E-state index is -0.283. The third-order valence-electron chi connectivity index (χ3n) is 4.81. The Kier molecular flexibility index (Phi) is 6.39. The Labute approximate surface area is 190 Å². The van der Waals surface area contributed by atoms with E-state index in [0.29, 0.717) is 5.02 Å². The molecule has 1 amide bonds. The molecule has 158 valence electrons. The molecule has 0 aliphatic heterocycles. The van der Waals surface area contributed by atoms with E-state index in [-0.39, 0.29) is 17.7 Å². The molecule has 5 nitrogen and oxygen atoms in total. The first-order chi connectivity index (χ1) is 15.0. The van der Waals surface area contributed by atoms with Gasteiger partial charge in [-0.3, -0.25) is 4.79 Å². The van der Waals surface area contributed by atoms with E-state index >= 15 is 0 Å². The zero-order valence-electron chi connectivity index (χ0n) is 17.2. The highest BCUT2D eigenvalue weighted by molar-refractivity contribution is 7.16. The zero-order valence-corrected chi connectivity index (χ0v) is 18.8. The number of amides is 1. The lowest BCUT2D eigenvalue weighted by atomic mass is 9.99. The van der Waals surface area contributed by atoms with E-state index in [1.54, 1.807) is 23.5 Å². The molecular formula is C24H22ClN3O2S. The van der Waals surface area contributed by atoms with Crippen LogP contribution in [0.3, 0.4) is 0 Å². The van der Waals surface area contributed by atoms with Gasteiger partial charge in [0.05, 0.1) is 12.3 Å². The van der Waals surface area contributed by atoms with Gasteiger partial charge in [0.2, 0.25) is 0 Å². The van der Waals surface area contributed by atoms with Gasteiger partial charge in [0.1, 0.15) is 10.8 Å². The molecule has 3 heterocycles. The minimum absolute atomic E-state index is 0.253. The lowest BCUT2D eigenvalue weighted by Crippen LogP contribution is -2.17. The molecule has 7 heteroatoms. The Balaban J connectivity index is 1.76. The first kappa shape index (κ1) is 21.2. The molecule has 4 rings (SSSR count). The van der Waals surface area contributed by atoms with Gasteiger partial charge in [-0.25, -0.2) is 4.98 Å². The Hall–Kier alpha value is -3.09. The SMILES string of the molecule is CCc1cc([C@H](Nc2cccc(C)n2)c2cccc(Cl)c2)c(NC(=O)c2ccco2)s1. The smallest absolute Gasteiger partial charge is 0.291 e. The topological polar surface area (TPSA) is 67.2 Å². The fraction of sp³-hybridized carbons (Fsp3) is 0.167. The molecule has 31 heavy (non-hydrogen) atoms. The monoisotopic (exact) mass is 451 g/mol. The van der Waals surface area contributed by atoms with Crippen LogP contribution in [-0.4, -0.2) is 10.9 Å². The van der Waals surface area contributed by atoms with Gasteiger partial charge >= 0.3 is 0 Å². The minimum Gasteiger partial charge on any atom is -0.459 e. The molecule has 1 atom stereocenters. The van der Waals surface area contributed by atoms with E-state index in [2.05, 4.69) is 28.6 Å². The van der Waals surface area contributed by atoms with Crippen LogP contribution in [0.2, 0.25) is 5.02 Å². The van der Waals surface area contributed by atoms with Crippen molar-refractivity contribution in [2.24, 2.45) is 0 Å². The molecule has 0 fully saturated rings. The molecule has 1 aromatic carbocycles. The highest BCUT2D eigenvalue weighted by Crippen LogP contribution is 2.38. The van der Waals surface area contributed by atoms with Crippen molar-refractivity contribution < 1.29 is 9.21 Å². The highest BCUT2D eigenvalue weighted by atomic mass is 35.5.